The number of ketones is 1. The molecule has 2 rings (SSSR count). The molecule has 0 radical (unpaired) electrons. The van der Waals surface area contributed by atoms with Gasteiger partial charge in [-0.1, -0.05) is 30.3 Å². The van der Waals surface area contributed by atoms with Crippen molar-refractivity contribution < 1.29 is 14.3 Å². The maximum atomic E-state index is 11.9. The Balaban J connectivity index is 2.12. The van der Waals surface area contributed by atoms with E-state index < -0.39 is 17.7 Å². The molecular formula is C14H17NO3. The van der Waals surface area contributed by atoms with Gasteiger partial charge < -0.3 is 4.74 Å². The van der Waals surface area contributed by atoms with Crippen molar-refractivity contribution >= 4 is 11.9 Å². The molecule has 1 amide bonds. The topological polar surface area (TPSA) is 46.6 Å². The van der Waals surface area contributed by atoms with Gasteiger partial charge in [0.15, 0.2) is 5.78 Å². The first kappa shape index (κ1) is 12.6. The summed E-state index contributed by atoms with van der Waals surface area (Å²) in [4.78, 5) is 25.0. The minimum absolute atomic E-state index is 0.0482. The van der Waals surface area contributed by atoms with E-state index in [2.05, 4.69) is 0 Å². The summed E-state index contributed by atoms with van der Waals surface area (Å²) in [7, 11) is 0. The molecule has 1 heterocycles. The molecule has 1 aromatic carbocycles. The molecule has 18 heavy (non-hydrogen) atoms. The molecule has 1 unspecified atom stereocenters. The molecule has 1 aliphatic rings. The minimum atomic E-state index is -0.545. The van der Waals surface area contributed by atoms with E-state index in [-0.39, 0.29) is 12.3 Å². The van der Waals surface area contributed by atoms with E-state index in [9.17, 15) is 9.59 Å². The lowest BCUT2D eigenvalue weighted by molar-refractivity contribution is -0.136. The van der Waals surface area contributed by atoms with E-state index in [1.165, 1.54) is 4.90 Å². The Morgan fingerprint density at radius 3 is 2.39 bits per heavy atom. The molecule has 0 bridgehead atoms. The molecule has 1 saturated heterocycles. The summed E-state index contributed by atoms with van der Waals surface area (Å²) in [5, 5.41) is 0. The predicted molar refractivity (Wildman–Crippen MR) is 67.1 cm³/mol. The van der Waals surface area contributed by atoms with Crippen LogP contribution in [0.1, 0.15) is 32.4 Å². The summed E-state index contributed by atoms with van der Waals surface area (Å²) in [6, 6.07) is 8.80. The lowest BCUT2D eigenvalue weighted by Crippen LogP contribution is -2.54. The number of hydrogen-bond donors (Lipinski definition) is 0. The minimum Gasteiger partial charge on any atom is -0.444 e. The summed E-state index contributed by atoms with van der Waals surface area (Å²) in [6.07, 6.45) is -0.434. The highest BCUT2D eigenvalue weighted by Crippen LogP contribution is 2.31. The maximum Gasteiger partial charge on any atom is 0.411 e. The highest BCUT2D eigenvalue weighted by Gasteiger charge is 2.43. The van der Waals surface area contributed by atoms with Crippen LogP contribution in [0.2, 0.25) is 0 Å². The Kier molecular flexibility index (Phi) is 3.11. The molecule has 1 fully saturated rings. The quantitative estimate of drug-likeness (QED) is 0.766. The van der Waals surface area contributed by atoms with Gasteiger partial charge in [-0.15, -0.1) is 0 Å². The molecule has 1 aliphatic heterocycles. The lowest BCUT2D eigenvalue weighted by Gasteiger charge is -2.39. The largest absolute Gasteiger partial charge is 0.444 e. The molecule has 1 atom stereocenters. The third-order valence-electron chi connectivity index (χ3n) is 2.69. The van der Waals surface area contributed by atoms with Crippen LogP contribution in [-0.2, 0) is 9.53 Å². The van der Waals surface area contributed by atoms with Crippen molar-refractivity contribution in [3.05, 3.63) is 35.9 Å². The Bertz CT molecular complexity index is 462. The van der Waals surface area contributed by atoms with Crippen LogP contribution < -0.4 is 0 Å². The zero-order chi connectivity index (χ0) is 13.3. The first-order chi connectivity index (χ1) is 8.38. The summed E-state index contributed by atoms with van der Waals surface area (Å²) in [5.41, 5.74) is 0.288. The van der Waals surface area contributed by atoms with Crippen molar-refractivity contribution in [1.29, 1.82) is 0 Å². The van der Waals surface area contributed by atoms with E-state index in [1.807, 2.05) is 51.1 Å². The van der Waals surface area contributed by atoms with Gasteiger partial charge in [-0.05, 0) is 26.3 Å². The monoisotopic (exact) mass is 247 g/mol. The number of ether oxygens (including phenoxy) is 1. The molecule has 0 N–H and O–H groups in total. The number of likely N-dealkylation sites (tertiary alicyclic amines) is 1. The zero-order valence-electron chi connectivity index (χ0n) is 10.8. The van der Waals surface area contributed by atoms with Crippen LogP contribution in [0.4, 0.5) is 4.79 Å². The third-order valence-corrected chi connectivity index (χ3v) is 2.69. The molecule has 0 saturated carbocycles. The number of nitrogens with zero attached hydrogens (tertiary/aromatic N) is 1. The highest BCUT2D eigenvalue weighted by atomic mass is 16.6. The highest BCUT2D eigenvalue weighted by molar-refractivity contribution is 5.98. The van der Waals surface area contributed by atoms with Crippen molar-refractivity contribution in [3.63, 3.8) is 0 Å². The number of carbonyl (C=O) groups excluding carboxylic acids is 2. The zero-order valence-corrected chi connectivity index (χ0v) is 10.8. The van der Waals surface area contributed by atoms with Crippen LogP contribution in [0.3, 0.4) is 0 Å². The third kappa shape index (κ3) is 2.53. The summed E-state index contributed by atoms with van der Waals surface area (Å²) < 4.78 is 5.28. The lowest BCUT2D eigenvalue weighted by atomic mass is 9.94. The van der Waals surface area contributed by atoms with Gasteiger partial charge >= 0.3 is 6.09 Å². The standard InChI is InChI=1S/C14H17NO3/c1-14(2,3)18-13(17)15-9-11(16)12(15)10-7-5-4-6-8-10/h4-8,12H,9H2,1-3H3. The number of Topliss-reactive ketones (excluding diaryl/α,β-unsaturated/α-hetero) is 1. The van der Waals surface area contributed by atoms with Crippen molar-refractivity contribution in [2.75, 3.05) is 6.54 Å². The van der Waals surface area contributed by atoms with Gasteiger partial charge in [0.25, 0.3) is 0 Å². The van der Waals surface area contributed by atoms with Crippen LogP contribution in [0, 0.1) is 0 Å². The van der Waals surface area contributed by atoms with E-state index in [0.29, 0.717) is 0 Å². The van der Waals surface area contributed by atoms with Crippen LogP contribution in [0.15, 0.2) is 30.3 Å². The Hall–Kier alpha value is -1.84. The van der Waals surface area contributed by atoms with Gasteiger partial charge in [0.2, 0.25) is 0 Å². The van der Waals surface area contributed by atoms with Gasteiger partial charge in [0.1, 0.15) is 11.6 Å². The van der Waals surface area contributed by atoms with Gasteiger partial charge in [-0.2, -0.15) is 0 Å². The Morgan fingerprint density at radius 1 is 1.28 bits per heavy atom. The molecule has 96 valence electrons. The fourth-order valence-electron chi connectivity index (χ4n) is 1.90. The van der Waals surface area contributed by atoms with Crippen molar-refractivity contribution in [1.82, 2.24) is 4.90 Å². The summed E-state index contributed by atoms with van der Waals surface area (Å²) >= 11 is 0. The van der Waals surface area contributed by atoms with Crippen LogP contribution >= 0.6 is 0 Å². The smallest absolute Gasteiger partial charge is 0.411 e. The van der Waals surface area contributed by atoms with Crippen LogP contribution in [-0.4, -0.2) is 28.9 Å². The van der Waals surface area contributed by atoms with Crippen LogP contribution in [0.5, 0.6) is 0 Å². The van der Waals surface area contributed by atoms with E-state index in [4.69, 9.17) is 4.74 Å². The predicted octanol–water partition coefficient (Wildman–Crippen LogP) is 2.55. The van der Waals surface area contributed by atoms with E-state index in [1.54, 1.807) is 0 Å². The second kappa shape index (κ2) is 4.44. The molecule has 4 nitrogen and oxygen atoms in total. The molecule has 0 aliphatic carbocycles. The van der Waals surface area contributed by atoms with Crippen molar-refractivity contribution in [3.8, 4) is 0 Å². The fraction of sp³-hybridized carbons (Fsp3) is 0.429. The number of rotatable bonds is 1. The summed E-state index contributed by atoms with van der Waals surface area (Å²) in [5.74, 6) is 0.0482. The maximum absolute atomic E-state index is 11.9. The number of carbonyl (C=O) groups is 2. The van der Waals surface area contributed by atoms with E-state index in [0.717, 1.165) is 5.56 Å². The molecular weight excluding hydrogens is 230 g/mol. The number of benzene rings is 1. The van der Waals surface area contributed by atoms with Crippen molar-refractivity contribution in [2.24, 2.45) is 0 Å². The van der Waals surface area contributed by atoms with Gasteiger partial charge in [0.05, 0.1) is 6.54 Å². The van der Waals surface area contributed by atoms with Crippen LogP contribution in [0.25, 0.3) is 0 Å². The normalized spacial score (nSPS) is 19.4. The Labute approximate surface area is 107 Å². The molecule has 1 aromatic rings. The number of hydrogen-bond acceptors (Lipinski definition) is 3. The SMILES string of the molecule is CC(C)(C)OC(=O)N1CC(=O)C1c1ccccc1. The van der Waals surface area contributed by atoms with Gasteiger partial charge in [0, 0.05) is 0 Å². The first-order valence-corrected chi connectivity index (χ1v) is 5.96. The number of amides is 1. The second-order valence-corrected chi connectivity index (χ2v) is 5.39. The fourth-order valence-corrected chi connectivity index (χ4v) is 1.90. The molecule has 0 aromatic heterocycles. The Morgan fingerprint density at radius 2 is 1.89 bits per heavy atom. The van der Waals surface area contributed by atoms with Crippen molar-refractivity contribution in [2.45, 2.75) is 32.4 Å². The molecule has 0 spiro atoms. The average molecular weight is 247 g/mol. The second-order valence-electron chi connectivity index (χ2n) is 5.39. The summed E-state index contributed by atoms with van der Waals surface area (Å²) in [6.45, 7) is 5.56. The van der Waals surface area contributed by atoms with E-state index >= 15 is 0 Å². The first-order valence-electron chi connectivity index (χ1n) is 5.96. The average Bonchev–Trinajstić information content (AvgIpc) is 2.24. The van der Waals surface area contributed by atoms with Gasteiger partial charge in [-0.3, -0.25) is 9.69 Å². The molecule has 4 heteroatoms. The van der Waals surface area contributed by atoms with Gasteiger partial charge in [-0.25, -0.2) is 4.79 Å².